The number of hydrogen-bond acceptors (Lipinski definition) is 5. The van der Waals surface area contributed by atoms with E-state index in [9.17, 15) is 13.2 Å². The van der Waals surface area contributed by atoms with Crippen molar-refractivity contribution >= 4 is 26.6 Å². The van der Waals surface area contributed by atoms with Crippen molar-refractivity contribution in [1.29, 1.82) is 0 Å². The van der Waals surface area contributed by atoms with Crippen LogP contribution in [-0.4, -0.2) is 53.8 Å². The van der Waals surface area contributed by atoms with Gasteiger partial charge in [0.25, 0.3) is 5.91 Å². The minimum atomic E-state index is -3.03. The van der Waals surface area contributed by atoms with Crippen LogP contribution in [0.1, 0.15) is 22.7 Å². The molecule has 7 heteroatoms. The van der Waals surface area contributed by atoms with Gasteiger partial charge in [0.2, 0.25) is 0 Å². The molecule has 1 atom stereocenters. The van der Waals surface area contributed by atoms with E-state index in [0.29, 0.717) is 28.8 Å². The number of benzene rings is 1. The molecule has 6 nitrogen and oxygen atoms in total. The lowest BCUT2D eigenvalue weighted by atomic mass is 10.1. The van der Waals surface area contributed by atoms with Crippen LogP contribution in [0, 0.1) is 6.92 Å². The Morgan fingerprint density at radius 1 is 1.27 bits per heavy atom. The van der Waals surface area contributed by atoms with Crippen LogP contribution in [0.3, 0.4) is 0 Å². The lowest BCUT2D eigenvalue weighted by molar-refractivity contribution is 0.0743. The molecule has 22 heavy (non-hydrogen) atoms. The van der Waals surface area contributed by atoms with E-state index in [1.165, 1.54) is 4.90 Å². The first-order valence-electron chi connectivity index (χ1n) is 7.08. The van der Waals surface area contributed by atoms with E-state index >= 15 is 0 Å². The monoisotopic (exact) mass is 319 g/mol. The molecule has 0 aliphatic carbocycles. The van der Waals surface area contributed by atoms with Crippen LogP contribution in [0.2, 0.25) is 0 Å². The summed E-state index contributed by atoms with van der Waals surface area (Å²) in [5, 5.41) is 0.686. The maximum atomic E-state index is 12.7. The predicted octanol–water partition coefficient (Wildman–Crippen LogP) is 1.20. The highest BCUT2D eigenvalue weighted by Crippen LogP contribution is 2.21. The highest BCUT2D eigenvalue weighted by atomic mass is 32.2. The summed E-state index contributed by atoms with van der Waals surface area (Å²) < 4.78 is 23.2. The number of aromatic nitrogens is 2. The van der Waals surface area contributed by atoms with Gasteiger partial charge in [0.15, 0.2) is 9.84 Å². The maximum Gasteiger partial charge on any atom is 0.273 e. The fourth-order valence-corrected chi connectivity index (χ4v) is 4.54. The average molecular weight is 319 g/mol. The molecule has 1 unspecified atom stereocenters. The van der Waals surface area contributed by atoms with Gasteiger partial charge in [0, 0.05) is 18.5 Å². The lowest BCUT2D eigenvalue weighted by Crippen LogP contribution is -2.38. The first kappa shape index (κ1) is 14.9. The number of nitrogens with zero attached hydrogens (tertiary/aromatic N) is 3. The van der Waals surface area contributed by atoms with E-state index in [2.05, 4.69) is 9.97 Å². The molecule has 2 aromatic rings. The fraction of sp³-hybridized carbons (Fsp3) is 0.400. The van der Waals surface area contributed by atoms with Crippen molar-refractivity contribution < 1.29 is 13.2 Å². The topological polar surface area (TPSA) is 80.2 Å². The van der Waals surface area contributed by atoms with E-state index in [4.69, 9.17) is 0 Å². The van der Waals surface area contributed by atoms with Crippen LogP contribution >= 0.6 is 0 Å². The third-order valence-electron chi connectivity index (χ3n) is 3.99. The van der Waals surface area contributed by atoms with E-state index in [-0.39, 0.29) is 23.5 Å². The Morgan fingerprint density at radius 2 is 2.00 bits per heavy atom. The van der Waals surface area contributed by atoms with Gasteiger partial charge in [-0.1, -0.05) is 18.2 Å². The second-order valence-corrected chi connectivity index (χ2v) is 7.84. The zero-order valence-corrected chi connectivity index (χ0v) is 13.3. The first-order chi connectivity index (χ1) is 10.4. The number of carbonyl (C=O) groups is 1. The number of fused-ring (bicyclic) bond motifs is 1. The number of amides is 1. The van der Waals surface area contributed by atoms with Gasteiger partial charge in [-0.2, -0.15) is 0 Å². The molecular weight excluding hydrogens is 302 g/mol. The van der Waals surface area contributed by atoms with Crippen LogP contribution in [0.4, 0.5) is 0 Å². The van der Waals surface area contributed by atoms with Gasteiger partial charge in [0.05, 0.1) is 17.0 Å². The Kier molecular flexibility index (Phi) is 3.60. The summed E-state index contributed by atoms with van der Waals surface area (Å²) in [7, 11) is -1.39. The molecule has 1 aliphatic heterocycles. The smallest absolute Gasteiger partial charge is 0.273 e. The van der Waals surface area contributed by atoms with Gasteiger partial charge >= 0.3 is 0 Å². The van der Waals surface area contributed by atoms with Crippen molar-refractivity contribution in [3.63, 3.8) is 0 Å². The number of carbonyl (C=O) groups excluding carboxylic acids is 1. The first-order valence-corrected chi connectivity index (χ1v) is 8.90. The van der Waals surface area contributed by atoms with Gasteiger partial charge in [-0.25, -0.2) is 18.4 Å². The van der Waals surface area contributed by atoms with Crippen LogP contribution in [0.25, 0.3) is 10.9 Å². The molecule has 1 aliphatic rings. The van der Waals surface area contributed by atoms with E-state index in [1.807, 2.05) is 18.2 Å². The number of aryl methyl sites for hydroxylation is 1. The molecule has 0 saturated carbocycles. The summed E-state index contributed by atoms with van der Waals surface area (Å²) in [6.45, 7) is 1.74. The van der Waals surface area contributed by atoms with Crippen molar-refractivity contribution in [2.45, 2.75) is 19.4 Å². The quantitative estimate of drug-likeness (QED) is 0.831. The zero-order valence-electron chi connectivity index (χ0n) is 12.5. The van der Waals surface area contributed by atoms with Gasteiger partial charge in [-0.3, -0.25) is 4.79 Å². The molecule has 1 amide bonds. The van der Waals surface area contributed by atoms with Crippen LogP contribution in [-0.2, 0) is 9.84 Å². The Hall–Kier alpha value is -2.02. The minimum Gasteiger partial charge on any atom is -0.336 e. The summed E-state index contributed by atoms with van der Waals surface area (Å²) in [5.41, 5.74) is 1.04. The highest BCUT2D eigenvalue weighted by Gasteiger charge is 2.33. The maximum absolute atomic E-state index is 12.7. The molecule has 1 saturated heterocycles. The summed E-state index contributed by atoms with van der Waals surface area (Å²) >= 11 is 0. The van der Waals surface area contributed by atoms with E-state index in [1.54, 1.807) is 20.0 Å². The molecule has 3 rings (SSSR count). The minimum absolute atomic E-state index is 0.0250. The standard InChI is InChI=1S/C15H17N3O3S/c1-10-16-13-6-4-3-5-12(13)14(17-10)15(19)18(2)11-7-8-22(20,21)9-11/h3-6,11H,7-9H2,1-2H3. The molecule has 0 N–H and O–H groups in total. The largest absolute Gasteiger partial charge is 0.336 e. The van der Waals surface area contributed by atoms with E-state index in [0.717, 1.165) is 0 Å². The number of hydrogen-bond donors (Lipinski definition) is 0. The summed E-state index contributed by atoms with van der Waals surface area (Å²) in [6.07, 6.45) is 0.479. The zero-order chi connectivity index (χ0) is 15.9. The van der Waals surface area contributed by atoms with Crippen molar-refractivity contribution in [2.75, 3.05) is 18.6 Å². The summed E-state index contributed by atoms with van der Waals surface area (Å²) in [5.74, 6) is 0.425. The molecule has 0 bridgehead atoms. The van der Waals surface area contributed by atoms with E-state index < -0.39 is 9.84 Å². The molecule has 1 fully saturated rings. The fourth-order valence-electron chi connectivity index (χ4n) is 2.77. The van der Waals surface area contributed by atoms with Crippen molar-refractivity contribution in [2.24, 2.45) is 0 Å². The van der Waals surface area contributed by atoms with Gasteiger partial charge < -0.3 is 4.90 Å². The highest BCUT2D eigenvalue weighted by molar-refractivity contribution is 7.91. The number of rotatable bonds is 2. The van der Waals surface area contributed by atoms with Gasteiger partial charge in [-0.15, -0.1) is 0 Å². The SMILES string of the molecule is Cc1nc(C(=O)N(C)C2CCS(=O)(=O)C2)c2ccccc2n1. The Balaban J connectivity index is 1.99. The predicted molar refractivity (Wildman–Crippen MR) is 83.4 cm³/mol. The molecule has 2 heterocycles. The van der Waals surface area contributed by atoms with Gasteiger partial charge in [0.1, 0.15) is 11.5 Å². The molecule has 116 valence electrons. The molecule has 0 radical (unpaired) electrons. The van der Waals surface area contributed by atoms with Crippen LogP contribution in [0.5, 0.6) is 0 Å². The van der Waals surface area contributed by atoms with Crippen LogP contribution < -0.4 is 0 Å². The normalized spacial score (nSPS) is 20.2. The Labute approximate surface area is 129 Å². The average Bonchev–Trinajstić information content (AvgIpc) is 2.85. The summed E-state index contributed by atoms with van der Waals surface area (Å²) in [4.78, 5) is 22.8. The summed E-state index contributed by atoms with van der Waals surface area (Å²) in [6, 6.07) is 7.04. The molecule has 1 aromatic heterocycles. The second kappa shape index (κ2) is 5.31. The molecule has 0 spiro atoms. The Morgan fingerprint density at radius 3 is 2.68 bits per heavy atom. The van der Waals surface area contributed by atoms with Gasteiger partial charge in [-0.05, 0) is 19.4 Å². The second-order valence-electron chi connectivity index (χ2n) is 5.61. The van der Waals surface area contributed by atoms with Crippen molar-refractivity contribution in [1.82, 2.24) is 14.9 Å². The Bertz CT molecular complexity index is 848. The number of sulfone groups is 1. The molecule has 1 aromatic carbocycles. The van der Waals surface area contributed by atoms with Crippen molar-refractivity contribution in [3.05, 3.63) is 35.8 Å². The third kappa shape index (κ3) is 2.68. The molecular formula is C15H17N3O3S. The van der Waals surface area contributed by atoms with Crippen molar-refractivity contribution in [3.8, 4) is 0 Å². The number of para-hydroxylation sites is 1. The third-order valence-corrected chi connectivity index (χ3v) is 5.74. The lowest BCUT2D eigenvalue weighted by Gasteiger charge is -2.23. The van der Waals surface area contributed by atoms with Crippen LogP contribution in [0.15, 0.2) is 24.3 Å².